The Hall–Kier alpha value is -3.06. The van der Waals surface area contributed by atoms with Crippen LogP contribution in [0.1, 0.15) is 24.8 Å². The number of hydrogen-bond acceptors (Lipinski definition) is 6. The van der Waals surface area contributed by atoms with Gasteiger partial charge in [-0.05, 0) is 49.2 Å². The van der Waals surface area contributed by atoms with Gasteiger partial charge in [-0.1, -0.05) is 35.8 Å². The van der Waals surface area contributed by atoms with E-state index in [1.807, 2.05) is 44.2 Å². The maximum absolute atomic E-state index is 12.9. The van der Waals surface area contributed by atoms with Gasteiger partial charge in [-0.25, -0.2) is 0 Å². The summed E-state index contributed by atoms with van der Waals surface area (Å²) in [5.74, 6) is 1.90. The number of methoxy groups -OCH3 is 1. The van der Waals surface area contributed by atoms with E-state index in [9.17, 15) is 4.79 Å². The summed E-state index contributed by atoms with van der Waals surface area (Å²) in [5, 5.41) is 4.66. The third-order valence-corrected chi connectivity index (χ3v) is 5.02. The monoisotopic (exact) mass is 429 g/mol. The molecule has 158 valence electrons. The van der Waals surface area contributed by atoms with Gasteiger partial charge in [0.05, 0.1) is 13.7 Å². The largest absolute Gasteiger partial charge is 0.497 e. The van der Waals surface area contributed by atoms with E-state index in [0.717, 1.165) is 11.1 Å². The molecule has 3 aromatic rings. The number of carbonyl (C=O) groups is 1. The maximum Gasteiger partial charge on any atom is 0.263 e. The SMILES string of the molecule is CC[C@H](Oc1ccc(Cl)c(C)c1)C(=O)N(C)Cc1nc(-c2cccc(OC)c2)no1. The predicted octanol–water partition coefficient (Wildman–Crippen LogP) is 4.52. The molecule has 0 aliphatic heterocycles. The Balaban J connectivity index is 1.66. The molecule has 0 unspecified atom stereocenters. The Bertz CT molecular complexity index is 1020. The number of ether oxygens (including phenoxy) is 2. The van der Waals surface area contributed by atoms with Crippen molar-refractivity contribution in [2.75, 3.05) is 14.2 Å². The average Bonchev–Trinajstić information content (AvgIpc) is 3.22. The molecule has 0 radical (unpaired) electrons. The molecule has 7 nitrogen and oxygen atoms in total. The van der Waals surface area contributed by atoms with Crippen molar-refractivity contribution in [2.45, 2.75) is 32.9 Å². The molecule has 0 spiro atoms. The fourth-order valence-electron chi connectivity index (χ4n) is 2.89. The van der Waals surface area contributed by atoms with E-state index < -0.39 is 6.10 Å². The lowest BCUT2D eigenvalue weighted by Gasteiger charge is -2.23. The molecule has 1 aromatic heterocycles. The van der Waals surface area contributed by atoms with Gasteiger partial charge < -0.3 is 18.9 Å². The minimum Gasteiger partial charge on any atom is -0.497 e. The summed E-state index contributed by atoms with van der Waals surface area (Å²) in [6, 6.07) is 12.7. The van der Waals surface area contributed by atoms with Crippen molar-refractivity contribution in [3.8, 4) is 22.9 Å². The minimum absolute atomic E-state index is 0.175. The molecule has 8 heteroatoms. The molecule has 1 atom stereocenters. The number of aromatic nitrogens is 2. The number of carbonyl (C=O) groups excluding carboxylic acids is 1. The van der Waals surface area contributed by atoms with Gasteiger partial charge in [-0.3, -0.25) is 4.79 Å². The highest BCUT2D eigenvalue weighted by Gasteiger charge is 2.24. The van der Waals surface area contributed by atoms with E-state index in [0.29, 0.717) is 34.7 Å². The van der Waals surface area contributed by atoms with Gasteiger partial charge in [-0.2, -0.15) is 4.98 Å². The molecular weight excluding hydrogens is 406 g/mol. The number of likely N-dealkylation sites (N-methyl/N-ethyl adjacent to an activating group) is 1. The normalized spacial score (nSPS) is 11.8. The molecule has 0 fully saturated rings. The van der Waals surface area contributed by atoms with Crippen LogP contribution in [0, 0.1) is 6.92 Å². The molecule has 0 aliphatic rings. The van der Waals surface area contributed by atoms with Gasteiger partial charge in [0.1, 0.15) is 11.5 Å². The molecule has 0 N–H and O–H groups in total. The number of nitrogens with zero attached hydrogens (tertiary/aromatic N) is 3. The summed E-state index contributed by atoms with van der Waals surface area (Å²) < 4.78 is 16.4. The van der Waals surface area contributed by atoms with Gasteiger partial charge in [-0.15, -0.1) is 0 Å². The fourth-order valence-corrected chi connectivity index (χ4v) is 3.01. The summed E-state index contributed by atoms with van der Waals surface area (Å²) in [6.07, 6.45) is -0.111. The first-order valence-electron chi connectivity index (χ1n) is 9.56. The van der Waals surface area contributed by atoms with Crippen LogP contribution in [0.4, 0.5) is 0 Å². The van der Waals surface area contributed by atoms with Crippen molar-refractivity contribution in [2.24, 2.45) is 0 Å². The van der Waals surface area contributed by atoms with Crippen molar-refractivity contribution < 1.29 is 18.8 Å². The van der Waals surface area contributed by atoms with Crippen LogP contribution in [0.3, 0.4) is 0 Å². The number of aryl methyl sites for hydroxylation is 1. The first kappa shape index (κ1) is 21.6. The molecule has 0 saturated heterocycles. The second-order valence-corrected chi connectivity index (χ2v) is 7.27. The number of amides is 1. The molecular formula is C22H24ClN3O4. The molecule has 0 aliphatic carbocycles. The second-order valence-electron chi connectivity index (χ2n) is 6.86. The van der Waals surface area contributed by atoms with Gasteiger partial charge in [0, 0.05) is 17.6 Å². The predicted molar refractivity (Wildman–Crippen MR) is 114 cm³/mol. The van der Waals surface area contributed by atoms with Crippen molar-refractivity contribution in [1.82, 2.24) is 15.0 Å². The van der Waals surface area contributed by atoms with Crippen molar-refractivity contribution in [3.05, 3.63) is 58.9 Å². The van der Waals surface area contributed by atoms with Crippen LogP contribution in [0.25, 0.3) is 11.4 Å². The van der Waals surface area contributed by atoms with Crippen LogP contribution in [-0.4, -0.2) is 41.2 Å². The lowest BCUT2D eigenvalue weighted by Crippen LogP contribution is -2.39. The van der Waals surface area contributed by atoms with E-state index >= 15 is 0 Å². The minimum atomic E-state index is -0.628. The molecule has 30 heavy (non-hydrogen) atoms. The molecule has 0 saturated carbocycles. The molecule has 3 rings (SSSR count). The maximum atomic E-state index is 12.9. The zero-order chi connectivity index (χ0) is 21.7. The lowest BCUT2D eigenvalue weighted by molar-refractivity contribution is -0.138. The number of rotatable bonds is 8. The van der Waals surface area contributed by atoms with E-state index in [1.54, 1.807) is 26.3 Å². The molecule has 0 bridgehead atoms. The third kappa shape index (κ3) is 5.10. The molecule has 1 amide bonds. The third-order valence-electron chi connectivity index (χ3n) is 4.60. The number of hydrogen-bond donors (Lipinski definition) is 0. The summed E-state index contributed by atoms with van der Waals surface area (Å²) in [5.41, 5.74) is 1.66. The summed E-state index contributed by atoms with van der Waals surface area (Å²) in [6.45, 7) is 3.96. The Labute approximate surface area is 180 Å². The van der Waals surface area contributed by atoms with E-state index in [4.69, 9.17) is 25.6 Å². The van der Waals surface area contributed by atoms with Crippen molar-refractivity contribution in [3.63, 3.8) is 0 Å². The highest BCUT2D eigenvalue weighted by atomic mass is 35.5. The van der Waals surface area contributed by atoms with Gasteiger partial charge in [0.2, 0.25) is 11.7 Å². The second kappa shape index (κ2) is 9.63. The van der Waals surface area contributed by atoms with Crippen LogP contribution in [0.2, 0.25) is 5.02 Å². The van der Waals surface area contributed by atoms with Crippen LogP contribution >= 0.6 is 11.6 Å². The molecule has 2 aromatic carbocycles. The highest BCUT2D eigenvalue weighted by molar-refractivity contribution is 6.31. The lowest BCUT2D eigenvalue weighted by atomic mass is 10.2. The Morgan fingerprint density at radius 2 is 2.03 bits per heavy atom. The van der Waals surface area contributed by atoms with Gasteiger partial charge in [0.25, 0.3) is 5.91 Å². The Kier molecular flexibility index (Phi) is 6.95. The number of halogens is 1. The topological polar surface area (TPSA) is 77.7 Å². The highest BCUT2D eigenvalue weighted by Crippen LogP contribution is 2.24. The number of benzene rings is 2. The fraction of sp³-hybridized carbons (Fsp3) is 0.318. The zero-order valence-electron chi connectivity index (χ0n) is 17.4. The Morgan fingerprint density at radius 3 is 2.73 bits per heavy atom. The van der Waals surface area contributed by atoms with E-state index in [-0.39, 0.29) is 12.5 Å². The summed E-state index contributed by atoms with van der Waals surface area (Å²) >= 11 is 6.06. The van der Waals surface area contributed by atoms with Gasteiger partial charge in [0.15, 0.2) is 6.10 Å². The summed E-state index contributed by atoms with van der Waals surface area (Å²) in [4.78, 5) is 18.8. The smallest absolute Gasteiger partial charge is 0.263 e. The van der Waals surface area contributed by atoms with E-state index in [1.165, 1.54) is 4.90 Å². The van der Waals surface area contributed by atoms with Crippen LogP contribution in [0.15, 0.2) is 47.0 Å². The van der Waals surface area contributed by atoms with Crippen LogP contribution < -0.4 is 9.47 Å². The standard InChI is InChI=1S/C22H24ClN3O4/c1-5-19(29-17-9-10-18(23)14(2)11-17)22(27)26(3)13-20-24-21(25-30-20)15-7-6-8-16(12-15)28-4/h6-12,19H,5,13H2,1-4H3/t19-/m0/s1. The Morgan fingerprint density at radius 1 is 1.23 bits per heavy atom. The quantitative estimate of drug-likeness (QED) is 0.523. The van der Waals surface area contributed by atoms with Gasteiger partial charge >= 0.3 is 0 Å². The first-order valence-corrected chi connectivity index (χ1v) is 9.93. The summed E-state index contributed by atoms with van der Waals surface area (Å²) in [7, 11) is 3.27. The van der Waals surface area contributed by atoms with Crippen LogP contribution in [0.5, 0.6) is 11.5 Å². The van der Waals surface area contributed by atoms with Crippen molar-refractivity contribution in [1.29, 1.82) is 0 Å². The van der Waals surface area contributed by atoms with Crippen LogP contribution in [-0.2, 0) is 11.3 Å². The van der Waals surface area contributed by atoms with E-state index in [2.05, 4.69) is 10.1 Å². The molecule has 1 heterocycles. The first-order chi connectivity index (χ1) is 14.4. The average molecular weight is 430 g/mol. The zero-order valence-corrected chi connectivity index (χ0v) is 18.1. The van der Waals surface area contributed by atoms with Crippen molar-refractivity contribution >= 4 is 17.5 Å².